The summed E-state index contributed by atoms with van der Waals surface area (Å²) in [7, 11) is -4.44. The average molecular weight is 151 g/mol. The maximum Gasteiger partial charge on any atom is 0.0000448 e. The predicted octanol–water partition coefficient (Wildman–Crippen LogP) is -0.843. The molecule has 0 fully saturated rings. The fraction of sp³-hybridized carbons (Fsp3) is 1.00. The lowest BCUT2D eigenvalue weighted by Crippen LogP contribution is -2.32. The molecule has 4 nitrogen and oxygen atoms in total. The van der Waals surface area contributed by atoms with Gasteiger partial charge < -0.3 is 14.4 Å². The van der Waals surface area contributed by atoms with Crippen LogP contribution in [0.25, 0.3) is 0 Å². The predicted molar refractivity (Wildman–Crippen MR) is 30.5 cm³/mol. The minimum absolute atomic E-state index is 0.265. The van der Waals surface area contributed by atoms with Crippen molar-refractivity contribution < 1.29 is 14.4 Å². The third kappa shape index (κ3) is 2.96. The molecule has 0 atom stereocenters. The summed E-state index contributed by atoms with van der Waals surface area (Å²) in [5.41, 5.74) is 0. The first-order chi connectivity index (χ1) is 4.02. The zero-order chi connectivity index (χ0) is 7.49. The molecule has 0 bridgehead atoms. The lowest BCUT2D eigenvalue weighted by Gasteiger charge is -2.40. The third-order valence-electron chi connectivity index (χ3n) is 1.08. The standard InChI is InChI=1S/C4H12NO3P/c1-3-5(4-2)9(6,7)8/h3-4H2,1-2H3,(H2,6,7,8)/p-2. The molecule has 0 N–H and O–H groups in total. The van der Waals surface area contributed by atoms with Crippen LogP contribution in [0.15, 0.2) is 0 Å². The minimum Gasteiger partial charge on any atom is -0.799 e. The molecule has 5 heteroatoms. The van der Waals surface area contributed by atoms with Crippen LogP contribution in [0.2, 0.25) is 0 Å². The molecule has 0 heterocycles. The summed E-state index contributed by atoms with van der Waals surface area (Å²) in [6.45, 7) is 3.79. The second-order valence-corrected chi connectivity index (χ2v) is 3.11. The van der Waals surface area contributed by atoms with E-state index >= 15 is 0 Å². The van der Waals surface area contributed by atoms with E-state index in [-0.39, 0.29) is 13.1 Å². The smallest absolute Gasteiger partial charge is 0.0000448 e. The molecule has 0 aromatic carbocycles. The fourth-order valence-electron chi connectivity index (χ4n) is 0.570. The van der Waals surface area contributed by atoms with E-state index in [4.69, 9.17) is 0 Å². The van der Waals surface area contributed by atoms with Crippen molar-refractivity contribution in [3.8, 4) is 0 Å². The highest BCUT2D eigenvalue weighted by molar-refractivity contribution is 7.46. The second-order valence-electron chi connectivity index (χ2n) is 1.61. The van der Waals surface area contributed by atoms with Crippen molar-refractivity contribution in [2.24, 2.45) is 0 Å². The van der Waals surface area contributed by atoms with Crippen LogP contribution in [-0.4, -0.2) is 17.8 Å². The summed E-state index contributed by atoms with van der Waals surface area (Å²) in [5.74, 6) is 0. The van der Waals surface area contributed by atoms with Crippen molar-refractivity contribution in [3.05, 3.63) is 0 Å². The van der Waals surface area contributed by atoms with Crippen molar-refractivity contribution in [1.82, 2.24) is 4.67 Å². The molecule has 0 rings (SSSR count). The molecule has 0 amide bonds. The summed E-state index contributed by atoms with van der Waals surface area (Å²) in [6.07, 6.45) is 0. The molecule has 56 valence electrons. The molecule has 0 aliphatic rings. The van der Waals surface area contributed by atoms with Crippen LogP contribution in [0, 0.1) is 0 Å². The van der Waals surface area contributed by atoms with Gasteiger partial charge in [-0.2, -0.15) is 0 Å². The van der Waals surface area contributed by atoms with Gasteiger partial charge in [-0.05, 0) is 13.1 Å². The molecule has 0 radical (unpaired) electrons. The van der Waals surface area contributed by atoms with Gasteiger partial charge in [0.1, 0.15) is 0 Å². The molecular weight excluding hydrogens is 141 g/mol. The zero-order valence-electron chi connectivity index (χ0n) is 5.53. The summed E-state index contributed by atoms with van der Waals surface area (Å²) in [5, 5.41) is 0. The van der Waals surface area contributed by atoms with E-state index in [1.807, 2.05) is 0 Å². The summed E-state index contributed by atoms with van der Waals surface area (Å²) >= 11 is 0. The van der Waals surface area contributed by atoms with E-state index in [9.17, 15) is 14.4 Å². The minimum atomic E-state index is -4.44. The van der Waals surface area contributed by atoms with Gasteiger partial charge in [0.2, 0.25) is 0 Å². The van der Waals surface area contributed by atoms with E-state index in [2.05, 4.69) is 0 Å². The van der Waals surface area contributed by atoms with Crippen molar-refractivity contribution in [2.75, 3.05) is 13.1 Å². The quantitative estimate of drug-likeness (QED) is 0.493. The molecular formula is C4H10NO3P-2. The summed E-state index contributed by atoms with van der Waals surface area (Å²) in [4.78, 5) is 20.4. The number of rotatable bonds is 3. The molecule has 0 aliphatic carbocycles. The maximum absolute atomic E-state index is 10.2. The largest absolute Gasteiger partial charge is 0.799 e. The molecule has 0 aromatic heterocycles. The van der Waals surface area contributed by atoms with Gasteiger partial charge in [-0.1, -0.05) is 13.8 Å². The third-order valence-corrected chi connectivity index (χ3v) is 2.33. The highest BCUT2D eigenvalue weighted by atomic mass is 31.2. The topological polar surface area (TPSA) is 66.4 Å². The maximum atomic E-state index is 10.2. The van der Waals surface area contributed by atoms with Gasteiger partial charge in [0, 0.05) is 7.75 Å². The van der Waals surface area contributed by atoms with Crippen LogP contribution in [0.4, 0.5) is 0 Å². The van der Waals surface area contributed by atoms with Gasteiger partial charge in [0.05, 0.1) is 0 Å². The van der Waals surface area contributed by atoms with Gasteiger partial charge in [-0.15, -0.1) is 0 Å². The Kier molecular flexibility index (Phi) is 3.36. The second kappa shape index (κ2) is 3.32. The Hall–Kier alpha value is 0.110. The SMILES string of the molecule is CCN(CC)P(=O)([O-])[O-]. The Morgan fingerprint density at radius 3 is 1.67 bits per heavy atom. The lowest BCUT2D eigenvalue weighted by molar-refractivity contribution is -0.328. The van der Waals surface area contributed by atoms with Gasteiger partial charge >= 0.3 is 0 Å². The number of hydrogen-bond acceptors (Lipinski definition) is 3. The Labute approximate surface area is 54.7 Å². The van der Waals surface area contributed by atoms with Crippen LogP contribution in [-0.2, 0) is 4.57 Å². The molecule has 0 saturated carbocycles. The molecule has 0 spiro atoms. The first kappa shape index (κ1) is 9.11. The van der Waals surface area contributed by atoms with Crippen LogP contribution in [0.5, 0.6) is 0 Å². The van der Waals surface area contributed by atoms with E-state index in [1.165, 1.54) is 0 Å². The lowest BCUT2D eigenvalue weighted by atomic mass is 10.7. The Bertz CT molecular complexity index is 117. The van der Waals surface area contributed by atoms with Crippen molar-refractivity contribution in [1.29, 1.82) is 0 Å². The van der Waals surface area contributed by atoms with Gasteiger partial charge in [0.15, 0.2) is 0 Å². The highest BCUT2D eigenvalue weighted by Gasteiger charge is 2.00. The van der Waals surface area contributed by atoms with Crippen molar-refractivity contribution in [3.63, 3.8) is 0 Å². The molecule has 0 saturated heterocycles. The molecule has 9 heavy (non-hydrogen) atoms. The van der Waals surface area contributed by atoms with E-state index in [0.717, 1.165) is 4.67 Å². The molecule has 0 unspecified atom stereocenters. The Morgan fingerprint density at radius 2 is 1.67 bits per heavy atom. The van der Waals surface area contributed by atoms with E-state index in [0.29, 0.717) is 0 Å². The van der Waals surface area contributed by atoms with Crippen molar-refractivity contribution >= 4 is 7.75 Å². The van der Waals surface area contributed by atoms with Gasteiger partial charge in [0.25, 0.3) is 0 Å². The number of nitrogens with zero attached hydrogens (tertiary/aromatic N) is 1. The van der Waals surface area contributed by atoms with Crippen molar-refractivity contribution in [2.45, 2.75) is 13.8 Å². The van der Waals surface area contributed by atoms with Gasteiger partial charge in [-0.3, -0.25) is 4.67 Å². The zero-order valence-corrected chi connectivity index (χ0v) is 6.43. The first-order valence-corrected chi connectivity index (χ1v) is 4.29. The summed E-state index contributed by atoms with van der Waals surface area (Å²) < 4.78 is 11.1. The highest BCUT2D eigenvalue weighted by Crippen LogP contribution is 2.28. The number of hydrogen-bond donors (Lipinski definition) is 0. The van der Waals surface area contributed by atoms with Crippen LogP contribution in [0.1, 0.15) is 13.8 Å². The Morgan fingerprint density at radius 1 is 1.33 bits per heavy atom. The van der Waals surface area contributed by atoms with E-state index < -0.39 is 7.75 Å². The van der Waals surface area contributed by atoms with Crippen LogP contribution in [0.3, 0.4) is 0 Å². The monoisotopic (exact) mass is 151 g/mol. The Balaban J connectivity index is 3.96. The van der Waals surface area contributed by atoms with Gasteiger partial charge in [-0.25, -0.2) is 0 Å². The van der Waals surface area contributed by atoms with Crippen LogP contribution >= 0.6 is 7.75 Å². The summed E-state index contributed by atoms with van der Waals surface area (Å²) in [6, 6.07) is 0. The van der Waals surface area contributed by atoms with E-state index in [1.54, 1.807) is 13.8 Å². The average Bonchev–Trinajstić information content (AvgIpc) is 1.65. The van der Waals surface area contributed by atoms with Crippen LogP contribution < -0.4 is 9.79 Å². The normalized spacial score (nSPS) is 12.6. The molecule has 0 aliphatic heterocycles. The first-order valence-electron chi connectivity index (χ1n) is 2.79. The molecule has 0 aromatic rings. The fourth-order valence-corrected chi connectivity index (χ4v) is 1.26.